The Labute approximate surface area is 158 Å². The topological polar surface area (TPSA) is 67.2 Å². The van der Waals surface area contributed by atoms with Crippen LogP contribution in [0.25, 0.3) is 0 Å². The van der Waals surface area contributed by atoms with Gasteiger partial charge in [-0.3, -0.25) is 9.59 Å². The van der Waals surface area contributed by atoms with Crippen molar-refractivity contribution in [1.82, 2.24) is 14.9 Å². The predicted molar refractivity (Wildman–Crippen MR) is 106 cm³/mol. The van der Waals surface area contributed by atoms with Gasteiger partial charge in [0.25, 0.3) is 11.5 Å². The Morgan fingerprint density at radius 2 is 1.89 bits per heavy atom. The summed E-state index contributed by atoms with van der Waals surface area (Å²) in [5.41, 5.74) is 1.87. The lowest BCUT2D eigenvalue weighted by Crippen LogP contribution is -2.32. The molecule has 0 spiro atoms. The molecule has 0 saturated carbocycles. The summed E-state index contributed by atoms with van der Waals surface area (Å²) in [6.45, 7) is 0.997. The van der Waals surface area contributed by atoms with Gasteiger partial charge in [-0.2, -0.15) is 0 Å². The normalized spacial score (nSPS) is 10.4. The van der Waals surface area contributed by atoms with Crippen LogP contribution in [0.2, 0.25) is 0 Å². The minimum absolute atomic E-state index is 0.128. The summed E-state index contributed by atoms with van der Waals surface area (Å²) >= 11 is 0. The first-order chi connectivity index (χ1) is 13.1. The maximum absolute atomic E-state index is 12.4. The lowest BCUT2D eigenvalue weighted by Gasteiger charge is -2.21. The third-order valence-electron chi connectivity index (χ3n) is 4.30. The third kappa shape index (κ3) is 4.41. The van der Waals surface area contributed by atoms with Gasteiger partial charge in [0.05, 0.1) is 0 Å². The SMILES string of the molecule is CN(Cc1ccccc1)c1ncccc1CNC(=O)c1cccn(C)c1=O. The van der Waals surface area contributed by atoms with Crippen LogP contribution in [-0.4, -0.2) is 22.5 Å². The first-order valence-corrected chi connectivity index (χ1v) is 8.69. The number of carbonyl (C=O) groups excluding carboxylic acids is 1. The number of hydrogen-bond donors (Lipinski definition) is 1. The van der Waals surface area contributed by atoms with E-state index in [0.29, 0.717) is 13.1 Å². The van der Waals surface area contributed by atoms with Gasteiger partial charge in [-0.1, -0.05) is 36.4 Å². The number of pyridine rings is 2. The second kappa shape index (κ2) is 8.31. The molecule has 0 aliphatic heterocycles. The van der Waals surface area contributed by atoms with E-state index < -0.39 is 5.91 Å². The molecule has 6 heteroatoms. The van der Waals surface area contributed by atoms with Gasteiger partial charge in [0.15, 0.2) is 0 Å². The molecule has 0 bridgehead atoms. The molecular formula is C21H22N4O2. The number of nitrogens with one attached hydrogen (secondary N) is 1. The van der Waals surface area contributed by atoms with Crippen LogP contribution < -0.4 is 15.8 Å². The highest BCUT2D eigenvalue weighted by Gasteiger charge is 2.13. The average molecular weight is 362 g/mol. The number of nitrogens with zero attached hydrogens (tertiary/aromatic N) is 3. The van der Waals surface area contributed by atoms with Gasteiger partial charge >= 0.3 is 0 Å². The Bertz CT molecular complexity index is 983. The van der Waals surface area contributed by atoms with Gasteiger partial charge < -0.3 is 14.8 Å². The molecule has 0 atom stereocenters. The van der Waals surface area contributed by atoms with Gasteiger partial charge in [-0.15, -0.1) is 0 Å². The van der Waals surface area contributed by atoms with Crippen molar-refractivity contribution in [3.63, 3.8) is 0 Å². The van der Waals surface area contributed by atoms with E-state index >= 15 is 0 Å². The molecule has 0 unspecified atom stereocenters. The lowest BCUT2D eigenvalue weighted by molar-refractivity contribution is 0.0949. The first-order valence-electron chi connectivity index (χ1n) is 8.69. The highest BCUT2D eigenvalue weighted by Crippen LogP contribution is 2.18. The molecule has 2 heterocycles. The average Bonchev–Trinajstić information content (AvgIpc) is 2.69. The number of aromatic nitrogens is 2. The smallest absolute Gasteiger partial charge is 0.263 e. The van der Waals surface area contributed by atoms with Crippen LogP contribution in [0.1, 0.15) is 21.5 Å². The van der Waals surface area contributed by atoms with Crippen molar-refractivity contribution >= 4 is 11.7 Å². The van der Waals surface area contributed by atoms with E-state index in [4.69, 9.17) is 0 Å². The predicted octanol–water partition coefficient (Wildman–Crippen LogP) is 2.35. The van der Waals surface area contributed by atoms with Crippen molar-refractivity contribution < 1.29 is 4.79 Å². The van der Waals surface area contributed by atoms with Crippen molar-refractivity contribution in [2.45, 2.75) is 13.1 Å². The van der Waals surface area contributed by atoms with Crippen LogP contribution in [0, 0.1) is 0 Å². The number of benzene rings is 1. The molecule has 0 aliphatic rings. The van der Waals surface area contributed by atoms with E-state index in [9.17, 15) is 9.59 Å². The Morgan fingerprint density at radius 1 is 1.11 bits per heavy atom. The van der Waals surface area contributed by atoms with Crippen molar-refractivity contribution in [2.75, 3.05) is 11.9 Å². The van der Waals surface area contributed by atoms with E-state index in [1.165, 1.54) is 16.2 Å². The molecule has 138 valence electrons. The highest BCUT2D eigenvalue weighted by atomic mass is 16.2. The van der Waals surface area contributed by atoms with Crippen molar-refractivity contribution in [3.05, 3.63) is 94.0 Å². The van der Waals surface area contributed by atoms with Crippen LogP contribution in [0.4, 0.5) is 5.82 Å². The highest BCUT2D eigenvalue weighted by molar-refractivity contribution is 5.93. The zero-order valence-corrected chi connectivity index (χ0v) is 15.4. The summed E-state index contributed by atoms with van der Waals surface area (Å²) in [5, 5.41) is 2.82. The number of carbonyl (C=O) groups is 1. The molecule has 6 nitrogen and oxygen atoms in total. The number of rotatable bonds is 6. The van der Waals surface area contributed by atoms with E-state index in [0.717, 1.165) is 11.4 Å². The maximum Gasteiger partial charge on any atom is 0.263 e. The fourth-order valence-corrected chi connectivity index (χ4v) is 2.89. The molecule has 0 radical (unpaired) electrons. The minimum Gasteiger partial charge on any atom is -0.355 e. The summed E-state index contributed by atoms with van der Waals surface area (Å²) in [6.07, 6.45) is 3.35. The van der Waals surface area contributed by atoms with Gasteiger partial charge in [0, 0.05) is 45.1 Å². The van der Waals surface area contributed by atoms with Crippen LogP contribution in [0.5, 0.6) is 0 Å². The van der Waals surface area contributed by atoms with Crippen LogP contribution >= 0.6 is 0 Å². The van der Waals surface area contributed by atoms with Crippen molar-refractivity contribution in [1.29, 1.82) is 0 Å². The van der Waals surface area contributed by atoms with Gasteiger partial charge in [-0.05, 0) is 23.8 Å². The van der Waals surface area contributed by atoms with Crippen LogP contribution in [-0.2, 0) is 20.1 Å². The molecule has 1 N–H and O–H groups in total. The quantitative estimate of drug-likeness (QED) is 0.731. The number of aryl methyl sites for hydroxylation is 1. The summed E-state index contributed by atoms with van der Waals surface area (Å²) < 4.78 is 1.39. The van der Waals surface area contributed by atoms with E-state index in [1.54, 1.807) is 25.5 Å². The Kier molecular flexibility index (Phi) is 5.66. The standard InChI is InChI=1S/C21H22N4O2/c1-24-13-7-11-18(21(24)27)20(26)23-14-17-10-6-12-22-19(17)25(2)15-16-8-4-3-5-9-16/h3-13H,14-15H2,1-2H3,(H,23,26). The summed E-state index contributed by atoms with van der Waals surface area (Å²) in [6, 6.07) is 17.1. The molecule has 3 aromatic rings. The second-order valence-corrected chi connectivity index (χ2v) is 6.35. The van der Waals surface area contributed by atoms with E-state index in [2.05, 4.69) is 22.4 Å². The lowest BCUT2D eigenvalue weighted by atomic mass is 10.2. The Hall–Kier alpha value is -3.41. The summed E-state index contributed by atoms with van der Waals surface area (Å²) in [7, 11) is 3.59. The Morgan fingerprint density at radius 3 is 2.67 bits per heavy atom. The zero-order chi connectivity index (χ0) is 19.2. The third-order valence-corrected chi connectivity index (χ3v) is 4.30. The van der Waals surface area contributed by atoms with E-state index in [1.807, 2.05) is 42.3 Å². The first kappa shape index (κ1) is 18.4. The Balaban J connectivity index is 1.73. The zero-order valence-electron chi connectivity index (χ0n) is 15.4. The van der Waals surface area contributed by atoms with Crippen molar-refractivity contribution in [3.8, 4) is 0 Å². The van der Waals surface area contributed by atoms with Gasteiger partial charge in [-0.25, -0.2) is 4.98 Å². The maximum atomic E-state index is 12.4. The van der Waals surface area contributed by atoms with E-state index in [-0.39, 0.29) is 11.1 Å². The fourth-order valence-electron chi connectivity index (χ4n) is 2.89. The monoisotopic (exact) mass is 362 g/mol. The second-order valence-electron chi connectivity index (χ2n) is 6.35. The fraction of sp³-hybridized carbons (Fsp3) is 0.190. The molecule has 0 aliphatic carbocycles. The summed E-state index contributed by atoms with van der Waals surface area (Å²) in [4.78, 5) is 31.0. The number of anilines is 1. The number of hydrogen-bond acceptors (Lipinski definition) is 4. The van der Waals surface area contributed by atoms with Gasteiger partial charge in [0.2, 0.25) is 0 Å². The molecule has 1 amide bonds. The molecule has 27 heavy (non-hydrogen) atoms. The number of amides is 1. The summed E-state index contributed by atoms with van der Waals surface area (Å²) in [5.74, 6) is 0.402. The van der Waals surface area contributed by atoms with Crippen LogP contribution in [0.3, 0.4) is 0 Å². The molecule has 2 aromatic heterocycles. The molecule has 0 saturated heterocycles. The molecular weight excluding hydrogens is 340 g/mol. The van der Waals surface area contributed by atoms with Gasteiger partial charge in [0.1, 0.15) is 11.4 Å². The minimum atomic E-state index is -0.392. The largest absolute Gasteiger partial charge is 0.355 e. The van der Waals surface area contributed by atoms with Crippen LogP contribution in [0.15, 0.2) is 71.8 Å². The van der Waals surface area contributed by atoms with Crippen molar-refractivity contribution in [2.24, 2.45) is 7.05 Å². The molecule has 1 aromatic carbocycles. The molecule has 0 fully saturated rings. The molecule has 3 rings (SSSR count).